The van der Waals surface area contributed by atoms with Crippen LogP contribution in [0.15, 0.2) is 66.7 Å². The standard InChI is InChI=1S/C27H30O/c1-26(2,3)24-11-7-20(8-12-24)22-15-19(18-28)16-23(17-22)21-9-13-25(14-10-21)27(4,5)6/h7-18H,1-6H3. The third kappa shape index (κ3) is 4.42. The molecule has 0 radical (unpaired) electrons. The van der Waals surface area contributed by atoms with Gasteiger partial charge in [0.1, 0.15) is 6.29 Å². The molecule has 0 N–H and O–H groups in total. The second kappa shape index (κ2) is 7.39. The molecule has 0 aliphatic heterocycles. The van der Waals surface area contributed by atoms with E-state index in [2.05, 4.69) is 96.1 Å². The number of aldehydes is 1. The van der Waals surface area contributed by atoms with Gasteiger partial charge in [-0.25, -0.2) is 0 Å². The molecule has 0 spiro atoms. The zero-order valence-corrected chi connectivity index (χ0v) is 17.8. The number of benzene rings is 3. The molecule has 1 heteroatoms. The van der Waals surface area contributed by atoms with Crippen molar-refractivity contribution in [1.29, 1.82) is 0 Å². The van der Waals surface area contributed by atoms with E-state index >= 15 is 0 Å². The summed E-state index contributed by atoms with van der Waals surface area (Å²) in [5.74, 6) is 0. The first-order valence-electron chi connectivity index (χ1n) is 9.90. The van der Waals surface area contributed by atoms with Gasteiger partial charge in [-0.3, -0.25) is 4.79 Å². The van der Waals surface area contributed by atoms with Crippen molar-refractivity contribution in [2.45, 2.75) is 52.4 Å². The Kier molecular flexibility index (Phi) is 5.30. The highest BCUT2D eigenvalue weighted by atomic mass is 16.1. The summed E-state index contributed by atoms with van der Waals surface area (Å²) < 4.78 is 0. The van der Waals surface area contributed by atoms with Crippen molar-refractivity contribution in [3.8, 4) is 22.3 Å². The minimum atomic E-state index is 0.128. The Morgan fingerprint density at radius 3 is 1.18 bits per heavy atom. The Morgan fingerprint density at radius 1 is 0.536 bits per heavy atom. The van der Waals surface area contributed by atoms with E-state index in [1.807, 2.05) is 12.1 Å². The summed E-state index contributed by atoms with van der Waals surface area (Å²) in [5.41, 5.74) is 7.97. The van der Waals surface area contributed by atoms with Gasteiger partial charge in [0, 0.05) is 5.56 Å². The highest BCUT2D eigenvalue weighted by molar-refractivity contribution is 5.84. The van der Waals surface area contributed by atoms with E-state index in [4.69, 9.17) is 0 Å². The van der Waals surface area contributed by atoms with E-state index in [-0.39, 0.29) is 10.8 Å². The van der Waals surface area contributed by atoms with Crippen LogP contribution < -0.4 is 0 Å². The zero-order valence-electron chi connectivity index (χ0n) is 17.8. The zero-order chi connectivity index (χ0) is 20.5. The number of carbonyl (C=O) groups is 1. The summed E-state index contributed by atoms with van der Waals surface area (Å²) in [6.07, 6.45) is 0.931. The highest BCUT2D eigenvalue weighted by Gasteiger charge is 2.15. The molecule has 0 fully saturated rings. The Balaban J connectivity index is 2.02. The Hall–Kier alpha value is -2.67. The predicted octanol–water partition coefficient (Wildman–Crippen LogP) is 7.43. The van der Waals surface area contributed by atoms with Crippen LogP contribution in [-0.2, 0) is 10.8 Å². The Labute approximate surface area is 169 Å². The molecule has 0 aliphatic rings. The minimum Gasteiger partial charge on any atom is -0.298 e. The van der Waals surface area contributed by atoms with Crippen molar-refractivity contribution in [2.75, 3.05) is 0 Å². The van der Waals surface area contributed by atoms with Gasteiger partial charge in [0.05, 0.1) is 0 Å². The number of carbonyl (C=O) groups excluding carboxylic acids is 1. The van der Waals surface area contributed by atoms with E-state index in [1.165, 1.54) is 11.1 Å². The maximum absolute atomic E-state index is 11.5. The van der Waals surface area contributed by atoms with Crippen LogP contribution in [0.2, 0.25) is 0 Å². The average molecular weight is 371 g/mol. The van der Waals surface area contributed by atoms with E-state index in [1.54, 1.807) is 0 Å². The first-order valence-corrected chi connectivity index (χ1v) is 9.90. The predicted molar refractivity (Wildman–Crippen MR) is 120 cm³/mol. The molecule has 0 saturated carbocycles. The van der Waals surface area contributed by atoms with Crippen LogP contribution in [0.25, 0.3) is 22.3 Å². The normalized spacial score (nSPS) is 12.1. The van der Waals surface area contributed by atoms with Gasteiger partial charge in [-0.2, -0.15) is 0 Å². The summed E-state index contributed by atoms with van der Waals surface area (Å²) >= 11 is 0. The fraction of sp³-hybridized carbons (Fsp3) is 0.296. The molecule has 0 bridgehead atoms. The molecule has 0 heterocycles. The van der Waals surface area contributed by atoms with Crippen LogP contribution in [0.5, 0.6) is 0 Å². The van der Waals surface area contributed by atoms with Crippen molar-refractivity contribution in [2.24, 2.45) is 0 Å². The number of rotatable bonds is 3. The lowest BCUT2D eigenvalue weighted by molar-refractivity contribution is 0.112. The Bertz CT molecular complexity index is 887. The van der Waals surface area contributed by atoms with Crippen LogP contribution in [0.1, 0.15) is 63.0 Å². The van der Waals surface area contributed by atoms with Crippen LogP contribution >= 0.6 is 0 Å². The average Bonchev–Trinajstić information content (AvgIpc) is 2.66. The van der Waals surface area contributed by atoms with Crippen LogP contribution in [-0.4, -0.2) is 6.29 Å². The van der Waals surface area contributed by atoms with Crippen LogP contribution in [0.4, 0.5) is 0 Å². The van der Waals surface area contributed by atoms with Crippen molar-refractivity contribution < 1.29 is 4.79 Å². The third-order valence-corrected chi connectivity index (χ3v) is 5.26. The molecule has 0 unspecified atom stereocenters. The fourth-order valence-electron chi connectivity index (χ4n) is 3.38. The van der Waals surface area contributed by atoms with Gasteiger partial charge in [-0.1, -0.05) is 90.1 Å². The highest BCUT2D eigenvalue weighted by Crippen LogP contribution is 2.31. The maximum atomic E-state index is 11.5. The maximum Gasteiger partial charge on any atom is 0.150 e. The lowest BCUT2D eigenvalue weighted by Gasteiger charge is -2.20. The molecule has 3 aromatic carbocycles. The number of hydrogen-bond acceptors (Lipinski definition) is 1. The van der Waals surface area contributed by atoms with Gasteiger partial charge in [-0.15, -0.1) is 0 Å². The van der Waals surface area contributed by atoms with Gasteiger partial charge in [0.15, 0.2) is 0 Å². The largest absolute Gasteiger partial charge is 0.298 e. The smallest absolute Gasteiger partial charge is 0.150 e. The molecule has 144 valence electrons. The minimum absolute atomic E-state index is 0.128. The summed E-state index contributed by atoms with van der Waals surface area (Å²) in [5, 5.41) is 0. The molecule has 0 atom stereocenters. The van der Waals surface area contributed by atoms with Gasteiger partial charge in [0.25, 0.3) is 0 Å². The molecule has 1 nitrogen and oxygen atoms in total. The molecular formula is C27H30O. The quantitative estimate of drug-likeness (QED) is 0.438. The van der Waals surface area contributed by atoms with Crippen molar-refractivity contribution in [1.82, 2.24) is 0 Å². The third-order valence-electron chi connectivity index (χ3n) is 5.26. The molecule has 3 aromatic rings. The van der Waals surface area contributed by atoms with Crippen LogP contribution in [0.3, 0.4) is 0 Å². The first kappa shape index (κ1) is 20.1. The number of hydrogen-bond donors (Lipinski definition) is 0. The van der Waals surface area contributed by atoms with E-state index in [0.29, 0.717) is 5.56 Å². The summed E-state index contributed by atoms with van der Waals surface area (Å²) in [6.45, 7) is 13.3. The molecular weight excluding hydrogens is 340 g/mol. The SMILES string of the molecule is CC(C)(C)c1ccc(-c2cc(C=O)cc(-c3ccc(C(C)(C)C)cc3)c2)cc1. The molecule has 0 aromatic heterocycles. The van der Waals surface area contributed by atoms with E-state index in [0.717, 1.165) is 28.5 Å². The van der Waals surface area contributed by atoms with Crippen molar-refractivity contribution in [3.05, 3.63) is 83.4 Å². The molecule has 0 amide bonds. The second-order valence-corrected chi connectivity index (χ2v) is 9.62. The fourth-order valence-corrected chi connectivity index (χ4v) is 3.38. The second-order valence-electron chi connectivity index (χ2n) is 9.62. The van der Waals surface area contributed by atoms with Gasteiger partial charge < -0.3 is 0 Å². The first-order chi connectivity index (χ1) is 13.1. The molecule has 28 heavy (non-hydrogen) atoms. The van der Waals surface area contributed by atoms with Gasteiger partial charge in [-0.05, 0) is 62.4 Å². The van der Waals surface area contributed by atoms with Crippen molar-refractivity contribution in [3.63, 3.8) is 0 Å². The molecule has 0 saturated heterocycles. The monoisotopic (exact) mass is 370 g/mol. The van der Waals surface area contributed by atoms with Crippen molar-refractivity contribution >= 4 is 6.29 Å². The van der Waals surface area contributed by atoms with Gasteiger partial charge >= 0.3 is 0 Å². The van der Waals surface area contributed by atoms with E-state index < -0.39 is 0 Å². The lowest BCUT2D eigenvalue weighted by atomic mass is 9.85. The summed E-state index contributed by atoms with van der Waals surface area (Å²) in [6, 6.07) is 23.4. The topological polar surface area (TPSA) is 17.1 Å². The molecule has 3 rings (SSSR count). The molecule has 0 aliphatic carbocycles. The lowest BCUT2D eigenvalue weighted by Crippen LogP contribution is -2.10. The van der Waals surface area contributed by atoms with E-state index in [9.17, 15) is 4.79 Å². The summed E-state index contributed by atoms with van der Waals surface area (Å²) in [4.78, 5) is 11.5. The van der Waals surface area contributed by atoms with Gasteiger partial charge in [0.2, 0.25) is 0 Å². The summed E-state index contributed by atoms with van der Waals surface area (Å²) in [7, 11) is 0. The van der Waals surface area contributed by atoms with Crippen LogP contribution in [0, 0.1) is 0 Å². The Morgan fingerprint density at radius 2 is 0.893 bits per heavy atom.